The Bertz CT molecular complexity index is 697. The second-order valence-electron chi connectivity index (χ2n) is 5.17. The first-order valence-electron chi connectivity index (χ1n) is 6.82. The van der Waals surface area contributed by atoms with E-state index in [1.807, 2.05) is 12.1 Å². The highest BCUT2D eigenvalue weighted by atomic mass is 79.9. The molecule has 0 unspecified atom stereocenters. The van der Waals surface area contributed by atoms with Crippen LogP contribution in [0.5, 0.6) is 5.75 Å². The number of halogens is 2. The van der Waals surface area contributed by atoms with Gasteiger partial charge in [-0.15, -0.1) is 0 Å². The maximum absolute atomic E-state index is 13.1. The van der Waals surface area contributed by atoms with Crippen LogP contribution in [0.2, 0.25) is 0 Å². The van der Waals surface area contributed by atoms with Crippen LogP contribution in [0.1, 0.15) is 16.7 Å². The largest absolute Gasteiger partial charge is 0.493 e. The van der Waals surface area contributed by atoms with Gasteiger partial charge in [0, 0.05) is 29.3 Å². The van der Waals surface area contributed by atoms with E-state index in [4.69, 9.17) is 4.74 Å². The van der Waals surface area contributed by atoms with E-state index in [1.54, 1.807) is 12.1 Å². The molecular weight excluding hydrogens is 335 g/mol. The Hall–Kier alpha value is -1.68. The van der Waals surface area contributed by atoms with Crippen molar-refractivity contribution in [1.82, 2.24) is 0 Å². The molecule has 0 saturated heterocycles. The minimum atomic E-state index is -0.313. The summed E-state index contributed by atoms with van der Waals surface area (Å²) in [6, 6.07) is 10.1. The summed E-state index contributed by atoms with van der Waals surface area (Å²) >= 11 is 3.47. The van der Waals surface area contributed by atoms with Crippen molar-refractivity contribution in [2.75, 3.05) is 6.61 Å². The molecule has 3 rings (SSSR count). The Morgan fingerprint density at radius 1 is 1.24 bits per heavy atom. The standard InChI is InChI=1S/C17H14BrFO2/c18-14-8-12-4-5-21-17(12)13(9-14)10-16(20)7-11-2-1-3-15(19)6-11/h1-3,6,8-9H,4-5,7,10H2. The molecule has 0 N–H and O–H groups in total. The summed E-state index contributed by atoms with van der Waals surface area (Å²) in [4.78, 5) is 12.2. The molecule has 0 spiro atoms. The number of rotatable bonds is 4. The number of carbonyl (C=O) groups excluding carboxylic acids is 1. The number of benzene rings is 2. The maximum Gasteiger partial charge on any atom is 0.141 e. The van der Waals surface area contributed by atoms with Crippen molar-refractivity contribution in [1.29, 1.82) is 0 Å². The van der Waals surface area contributed by atoms with Gasteiger partial charge >= 0.3 is 0 Å². The normalized spacial score (nSPS) is 12.9. The van der Waals surface area contributed by atoms with Crippen molar-refractivity contribution in [3.8, 4) is 5.75 Å². The fourth-order valence-electron chi connectivity index (χ4n) is 2.63. The van der Waals surface area contributed by atoms with Gasteiger partial charge < -0.3 is 4.74 Å². The first-order chi connectivity index (χ1) is 10.1. The van der Waals surface area contributed by atoms with E-state index < -0.39 is 0 Å². The summed E-state index contributed by atoms with van der Waals surface area (Å²) in [5, 5.41) is 0. The summed E-state index contributed by atoms with van der Waals surface area (Å²) in [5.74, 6) is 0.578. The summed E-state index contributed by atoms with van der Waals surface area (Å²) < 4.78 is 19.7. The van der Waals surface area contributed by atoms with Crippen molar-refractivity contribution >= 4 is 21.7 Å². The third-order valence-electron chi connectivity index (χ3n) is 3.50. The molecule has 1 heterocycles. The molecule has 0 atom stereocenters. The van der Waals surface area contributed by atoms with Crippen molar-refractivity contribution in [3.05, 3.63) is 63.4 Å². The zero-order valence-electron chi connectivity index (χ0n) is 11.4. The maximum atomic E-state index is 13.1. The molecule has 0 fully saturated rings. The molecule has 2 aromatic carbocycles. The van der Waals surface area contributed by atoms with Crippen LogP contribution in [0.15, 0.2) is 40.9 Å². The number of carbonyl (C=O) groups is 1. The van der Waals surface area contributed by atoms with Crippen molar-refractivity contribution in [3.63, 3.8) is 0 Å². The van der Waals surface area contributed by atoms with E-state index in [0.29, 0.717) is 18.6 Å². The topological polar surface area (TPSA) is 26.3 Å². The zero-order chi connectivity index (χ0) is 14.8. The fraction of sp³-hybridized carbons (Fsp3) is 0.235. The van der Waals surface area contributed by atoms with Gasteiger partial charge in [0.2, 0.25) is 0 Å². The third kappa shape index (κ3) is 3.32. The van der Waals surface area contributed by atoms with Crippen molar-refractivity contribution < 1.29 is 13.9 Å². The molecule has 1 aliphatic rings. The van der Waals surface area contributed by atoms with Gasteiger partial charge in [0.1, 0.15) is 17.3 Å². The average molecular weight is 349 g/mol. The molecule has 108 valence electrons. The first-order valence-corrected chi connectivity index (χ1v) is 7.61. The van der Waals surface area contributed by atoms with Crippen LogP contribution in [-0.2, 0) is 24.1 Å². The van der Waals surface area contributed by atoms with Crippen LogP contribution >= 0.6 is 15.9 Å². The van der Waals surface area contributed by atoms with Gasteiger partial charge in [0.25, 0.3) is 0 Å². The van der Waals surface area contributed by atoms with Crippen LogP contribution in [0.3, 0.4) is 0 Å². The SMILES string of the molecule is O=C(Cc1cccc(F)c1)Cc1cc(Br)cc2c1OCC2. The number of hydrogen-bond donors (Lipinski definition) is 0. The Balaban J connectivity index is 1.76. The molecule has 0 bridgehead atoms. The smallest absolute Gasteiger partial charge is 0.141 e. The van der Waals surface area contributed by atoms with Crippen molar-refractivity contribution in [2.24, 2.45) is 0 Å². The Morgan fingerprint density at radius 3 is 2.90 bits per heavy atom. The minimum absolute atomic E-state index is 0.0522. The highest BCUT2D eigenvalue weighted by molar-refractivity contribution is 9.10. The number of fused-ring (bicyclic) bond motifs is 1. The quantitative estimate of drug-likeness (QED) is 0.838. The lowest BCUT2D eigenvalue weighted by molar-refractivity contribution is -0.117. The van der Waals surface area contributed by atoms with Gasteiger partial charge in [-0.2, -0.15) is 0 Å². The molecule has 0 radical (unpaired) electrons. The monoisotopic (exact) mass is 348 g/mol. The predicted octanol–water partition coefficient (Wildman–Crippen LogP) is 3.88. The van der Waals surface area contributed by atoms with E-state index in [2.05, 4.69) is 15.9 Å². The molecule has 0 saturated carbocycles. The van der Waals surface area contributed by atoms with Gasteiger partial charge in [0.05, 0.1) is 6.61 Å². The van der Waals surface area contributed by atoms with E-state index in [1.165, 1.54) is 12.1 Å². The molecule has 0 aromatic heterocycles. The van der Waals surface area contributed by atoms with E-state index in [9.17, 15) is 9.18 Å². The molecule has 4 heteroatoms. The number of Topliss-reactive ketones (excluding diaryl/α,β-unsaturated/α-hetero) is 1. The summed E-state index contributed by atoms with van der Waals surface area (Å²) in [7, 11) is 0. The van der Waals surface area contributed by atoms with Gasteiger partial charge in [-0.25, -0.2) is 4.39 Å². The lowest BCUT2D eigenvalue weighted by Gasteiger charge is -2.09. The summed E-state index contributed by atoms with van der Waals surface area (Å²) in [6.07, 6.45) is 1.41. The molecular formula is C17H14BrFO2. The van der Waals surface area contributed by atoms with Crippen LogP contribution < -0.4 is 4.74 Å². The highest BCUT2D eigenvalue weighted by Gasteiger charge is 2.19. The molecule has 2 aromatic rings. The Kier molecular flexibility index (Phi) is 4.06. The minimum Gasteiger partial charge on any atom is -0.493 e. The van der Waals surface area contributed by atoms with Gasteiger partial charge in [-0.1, -0.05) is 28.1 Å². The van der Waals surface area contributed by atoms with Crippen LogP contribution in [-0.4, -0.2) is 12.4 Å². The lowest BCUT2D eigenvalue weighted by atomic mass is 10.00. The highest BCUT2D eigenvalue weighted by Crippen LogP contribution is 2.33. The summed E-state index contributed by atoms with van der Waals surface area (Å²) in [6.45, 7) is 0.664. The van der Waals surface area contributed by atoms with Crippen LogP contribution in [0, 0.1) is 5.82 Å². The molecule has 1 aliphatic heterocycles. The van der Waals surface area contributed by atoms with E-state index in [-0.39, 0.29) is 18.0 Å². The first kappa shape index (κ1) is 14.3. The average Bonchev–Trinajstić information content (AvgIpc) is 2.86. The molecule has 21 heavy (non-hydrogen) atoms. The van der Waals surface area contributed by atoms with Crippen LogP contribution in [0.4, 0.5) is 4.39 Å². The second kappa shape index (κ2) is 5.98. The fourth-order valence-corrected chi connectivity index (χ4v) is 3.18. The zero-order valence-corrected chi connectivity index (χ0v) is 13.0. The van der Waals surface area contributed by atoms with Crippen molar-refractivity contribution in [2.45, 2.75) is 19.3 Å². The third-order valence-corrected chi connectivity index (χ3v) is 3.96. The number of hydrogen-bond acceptors (Lipinski definition) is 2. The number of ketones is 1. The predicted molar refractivity (Wildman–Crippen MR) is 82.2 cm³/mol. The van der Waals surface area contributed by atoms with Crippen LogP contribution in [0.25, 0.3) is 0 Å². The molecule has 0 aliphatic carbocycles. The molecule has 0 amide bonds. The van der Waals surface area contributed by atoms with E-state index >= 15 is 0 Å². The summed E-state index contributed by atoms with van der Waals surface area (Å²) in [5.41, 5.74) is 2.74. The van der Waals surface area contributed by atoms with E-state index in [0.717, 1.165) is 27.8 Å². The van der Waals surface area contributed by atoms with Gasteiger partial charge in [0.15, 0.2) is 0 Å². The Morgan fingerprint density at radius 2 is 2.10 bits per heavy atom. The van der Waals surface area contributed by atoms with Gasteiger partial charge in [-0.3, -0.25) is 4.79 Å². The molecule has 2 nitrogen and oxygen atoms in total. The number of ether oxygens (including phenoxy) is 1. The lowest BCUT2D eigenvalue weighted by Crippen LogP contribution is -2.08. The van der Waals surface area contributed by atoms with Gasteiger partial charge in [-0.05, 0) is 35.4 Å². The second-order valence-corrected chi connectivity index (χ2v) is 6.09. The Labute approximate surface area is 131 Å².